The predicted octanol–water partition coefficient (Wildman–Crippen LogP) is 4.69. The van der Waals surface area contributed by atoms with E-state index in [1.165, 1.54) is 0 Å². The molecule has 0 atom stereocenters. The van der Waals surface area contributed by atoms with E-state index in [2.05, 4.69) is 44.1 Å². The fourth-order valence-electron chi connectivity index (χ4n) is 3.72. The zero-order valence-corrected chi connectivity index (χ0v) is 25.4. The third kappa shape index (κ3) is 11.7. The molecule has 47 heavy (non-hydrogen) atoms. The van der Waals surface area contributed by atoms with Gasteiger partial charge < -0.3 is 44.7 Å². The number of ether oxygens (including phenoxy) is 5. The van der Waals surface area contributed by atoms with Crippen molar-refractivity contribution in [3.8, 4) is 17.2 Å². The van der Waals surface area contributed by atoms with Gasteiger partial charge in [0, 0.05) is 29.2 Å². The molecule has 244 valence electrons. The molecule has 1 aromatic heterocycles. The minimum atomic E-state index is -0.510. The first-order valence-corrected chi connectivity index (χ1v) is 14.4. The molecule has 0 bridgehead atoms. The molecule has 0 aliphatic rings. The Kier molecular flexibility index (Phi) is 12.9. The summed E-state index contributed by atoms with van der Waals surface area (Å²) in [5, 5.41) is 18.5. The number of esters is 2. The fourth-order valence-corrected chi connectivity index (χ4v) is 3.72. The van der Waals surface area contributed by atoms with Crippen molar-refractivity contribution in [3.05, 3.63) is 98.1 Å². The summed E-state index contributed by atoms with van der Waals surface area (Å²) in [7, 11) is 0. The first-order chi connectivity index (χ1) is 22.9. The molecule has 0 saturated carbocycles. The van der Waals surface area contributed by atoms with Crippen LogP contribution in [0.2, 0.25) is 0 Å². The Hall–Kier alpha value is -6.15. The largest absolute Gasteiger partial charge is 0.491 e. The Balaban J connectivity index is 1.44. The molecule has 0 aliphatic heterocycles. The summed E-state index contributed by atoms with van der Waals surface area (Å²) < 4.78 is 26.5. The van der Waals surface area contributed by atoms with Crippen LogP contribution in [0.1, 0.15) is 0 Å². The number of hydrogen-bond donors (Lipinski definition) is 4. The van der Waals surface area contributed by atoms with Crippen LogP contribution in [-0.4, -0.2) is 71.6 Å². The standard InChI is InChI=1S/C33H34N6O8/c1-3-29(41)46-21-19-44-27-13-7-24(8-14-27)35-32-37-31(34-23-5-11-26(12-6-23)43-18-17-40)38-33(39-32)36-25-9-15-28(16-10-25)45-20-22-47-30(42)4-2/h3-16,40H,1-2,17-22H2,(H3,34,35,36,37,38,39). The normalized spacial score (nSPS) is 10.2. The molecule has 1 heterocycles. The van der Waals surface area contributed by atoms with E-state index in [1.54, 1.807) is 72.8 Å². The van der Waals surface area contributed by atoms with Gasteiger partial charge in [0.25, 0.3) is 0 Å². The SMILES string of the molecule is C=CC(=O)OCCOc1ccc(Nc2nc(Nc3ccc(OCCO)cc3)nc(Nc3ccc(OCCOC(=O)C=C)cc3)n2)cc1. The molecule has 4 rings (SSSR count). The number of anilines is 6. The topological polar surface area (TPSA) is 175 Å². The van der Waals surface area contributed by atoms with Gasteiger partial charge >= 0.3 is 11.9 Å². The monoisotopic (exact) mass is 642 g/mol. The summed E-state index contributed by atoms with van der Waals surface area (Å²) in [5.41, 5.74) is 2.07. The predicted molar refractivity (Wildman–Crippen MR) is 175 cm³/mol. The smallest absolute Gasteiger partial charge is 0.330 e. The Morgan fingerprint density at radius 3 is 1.17 bits per heavy atom. The average Bonchev–Trinajstić information content (AvgIpc) is 3.09. The van der Waals surface area contributed by atoms with Crippen molar-refractivity contribution in [2.24, 2.45) is 0 Å². The summed E-state index contributed by atoms with van der Waals surface area (Å²) in [5.74, 6) is 1.54. The second-order valence-electron chi connectivity index (χ2n) is 9.27. The maximum atomic E-state index is 11.2. The van der Waals surface area contributed by atoms with Gasteiger partial charge in [-0.25, -0.2) is 9.59 Å². The molecule has 0 amide bonds. The van der Waals surface area contributed by atoms with E-state index in [4.69, 9.17) is 28.8 Å². The molecule has 4 aromatic rings. The van der Waals surface area contributed by atoms with Crippen molar-refractivity contribution in [1.29, 1.82) is 0 Å². The third-order valence-corrected chi connectivity index (χ3v) is 5.85. The van der Waals surface area contributed by atoms with Crippen molar-refractivity contribution < 1.29 is 38.4 Å². The zero-order valence-electron chi connectivity index (χ0n) is 25.4. The van der Waals surface area contributed by atoms with Gasteiger partial charge in [-0.1, -0.05) is 13.2 Å². The highest BCUT2D eigenvalue weighted by Gasteiger charge is 2.10. The van der Waals surface area contributed by atoms with Gasteiger partial charge in [-0.05, 0) is 72.8 Å². The molecule has 3 aromatic carbocycles. The van der Waals surface area contributed by atoms with Crippen LogP contribution in [0.25, 0.3) is 0 Å². The number of carbonyl (C=O) groups is 2. The number of benzene rings is 3. The molecule has 0 saturated heterocycles. The molecular formula is C33H34N6O8. The van der Waals surface area contributed by atoms with Gasteiger partial charge in [-0.2, -0.15) is 15.0 Å². The number of rotatable bonds is 19. The second-order valence-corrected chi connectivity index (χ2v) is 9.27. The van der Waals surface area contributed by atoms with Gasteiger partial charge in [0.05, 0.1) is 6.61 Å². The van der Waals surface area contributed by atoms with Crippen LogP contribution in [0, 0.1) is 0 Å². The molecule has 0 radical (unpaired) electrons. The van der Waals surface area contributed by atoms with Gasteiger partial charge in [0.15, 0.2) is 0 Å². The zero-order chi connectivity index (χ0) is 33.3. The van der Waals surface area contributed by atoms with Crippen molar-refractivity contribution in [2.75, 3.05) is 55.6 Å². The summed E-state index contributed by atoms with van der Waals surface area (Å²) in [6, 6.07) is 21.3. The van der Waals surface area contributed by atoms with Crippen LogP contribution in [0.15, 0.2) is 98.1 Å². The first kappa shape index (κ1) is 33.7. The quantitative estimate of drug-likeness (QED) is 0.0630. The lowest BCUT2D eigenvalue weighted by Crippen LogP contribution is -2.10. The van der Waals surface area contributed by atoms with E-state index >= 15 is 0 Å². The van der Waals surface area contributed by atoms with E-state index in [9.17, 15) is 9.59 Å². The van der Waals surface area contributed by atoms with Gasteiger partial charge in [0.2, 0.25) is 17.8 Å². The lowest BCUT2D eigenvalue weighted by Gasteiger charge is -2.13. The number of aliphatic hydroxyl groups is 1. The van der Waals surface area contributed by atoms with Crippen molar-refractivity contribution >= 4 is 46.8 Å². The summed E-state index contributed by atoms with van der Waals surface area (Å²) >= 11 is 0. The summed E-state index contributed by atoms with van der Waals surface area (Å²) in [6.45, 7) is 7.40. The molecule has 0 unspecified atom stereocenters. The van der Waals surface area contributed by atoms with Crippen molar-refractivity contribution in [3.63, 3.8) is 0 Å². The molecule has 14 heteroatoms. The van der Waals surface area contributed by atoms with E-state index in [1.807, 2.05) is 0 Å². The van der Waals surface area contributed by atoms with Crippen LogP contribution in [-0.2, 0) is 19.1 Å². The Labute approximate surface area is 271 Å². The lowest BCUT2D eigenvalue weighted by atomic mass is 10.3. The second kappa shape index (κ2) is 18.0. The fraction of sp³-hybridized carbons (Fsp3) is 0.182. The minimum absolute atomic E-state index is 0.0810. The van der Waals surface area contributed by atoms with E-state index in [-0.39, 0.29) is 57.5 Å². The average molecular weight is 643 g/mol. The van der Waals surface area contributed by atoms with Gasteiger partial charge in [-0.3, -0.25) is 0 Å². The van der Waals surface area contributed by atoms with Crippen LogP contribution in [0.3, 0.4) is 0 Å². The number of nitrogens with one attached hydrogen (secondary N) is 3. The number of aliphatic hydroxyl groups excluding tert-OH is 1. The van der Waals surface area contributed by atoms with Crippen molar-refractivity contribution in [1.82, 2.24) is 15.0 Å². The van der Waals surface area contributed by atoms with E-state index < -0.39 is 11.9 Å². The van der Waals surface area contributed by atoms with Crippen LogP contribution >= 0.6 is 0 Å². The highest BCUT2D eigenvalue weighted by atomic mass is 16.6. The number of carbonyl (C=O) groups excluding carboxylic acids is 2. The number of aromatic nitrogens is 3. The Morgan fingerprint density at radius 2 is 0.872 bits per heavy atom. The Bertz CT molecular complexity index is 1520. The summed E-state index contributed by atoms with van der Waals surface area (Å²) in [6.07, 6.45) is 2.19. The van der Waals surface area contributed by atoms with Crippen LogP contribution in [0.4, 0.5) is 34.9 Å². The Morgan fingerprint density at radius 1 is 0.553 bits per heavy atom. The molecule has 4 N–H and O–H groups in total. The van der Waals surface area contributed by atoms with Crippen LogP contribution < -0.4 is 30.2 Å². The molecular weight excluding hydrogens is 608 g/mol. The first-order valence-electron chi connectivity index (χ1n) is 14.4. The van der Waals surface area contributed by atoms with Crippen molar-refractivity contribution in [2.45, 2.75) is 0 Å². The lowest BCUT2D eigenvalue weighted by molar-refractivity contribution is -0.139. The van der Waals surface area contributed by atoms with Gasteiger partial charge in [0.1, 0.15) is 50.3 Å². The molecule has 0 aliphatic carbocycles. The highest BCUT2D eigenvalue weighted by molar-refractivity contribution is 5.81. The molecule has 0 fully saturated rings. The van der Waals surface area contributed by atoms with Crippen LogP contribution in [0.5, 0.6) is 17.2 Å². The maximum Gasteiger partial charge on any atom is 0.330 e. The highest BCUT2D eigenvalue weighted by Crippen LogP contribution is 2.24. The maximum absolute atomic E-state index is 11.2. The molecule has 0 spiro atoms. The molecule has 14 nitrogen and oxygen atoms in total. The number of hydrogen-bond acceptors (Lipinski definition) is 14. The minimum Gasteiger partial charge on any atom is -0.491 e. The van der Waals surface area contributed by atoms with E-state index in [0.717, 1.165) is 12.2 Å². The third-order valence-electron chi connectivity index (χ3n) is 5.85. The number of nitrogens with zero attached hydrogens (tertiary/aromatic N) is 3. The van der Waals surface area contributed by atoms with Gasteiger partial charge in [-0.15, -0.1) is 0 Å². The summed E-state index contributed by atoms with van der Waals surface area (Å²) in [4.78, 5) is 35.9. The van der Waals surface area contributed by atoms with E-state index in [0.29, 0.717) is 34.3 Å².